The van der Waals surface area contributed by atoms with Gasteiger partial charge in [-0.3, -0.25) is 14.7 Å². The Morgan fingerprint density at radius 1 is 1.13 bits per heavy atom. The molecule has 2 aromatic heterocycles. The van der Waals surface area contributed by atoms with E-state index in [1.165, 1.54) is 17.2 Å². The molecular formula is C34H31ClF3N7O2. The predicted molar refractivity (Wildman–Crippen MR) is 172 cm³/mol. The van der Waals surface area contributed by atoms with Crippen molar-refractivity contribution < 1.29 is 22.7 Å². The number of piperazine rings is 1. The predicted octanol–water partition coefficient (Wildman–Crippen LogP) is 6.20. The second kappa shape index (κ2) is 12.3. The maximum Gasteiger partial charge on any atom is 0.319 e. The highest BCUT2D eigenvalue weighted by atomic mass is 35.5. The average Bonchev–Trinajstić information content (AvgIpc) is 3.66. The zero-order valence-electron chi connectivity index (χ0n) is 25.5. The summed E-state index contributed by atoms with van der Waals surface area (Å²) in [5, 5.41) is 10.6. The van der Waals surface area contributed by atoms with Crippen LogP contribution in [-0.4, -0.2) is 81.6 Å². The van der Waals surface area contributed by atoms with Crippen molar-refractivity contribution in [3.05, 3.63) is 65.6 Å². The number of benzene rings is 2. The summed E-state index contributed by atoms with van der Waals surface area (Å²) in [6.45, 7) is 5.89. The van der Waals surface area contributed by atoms with Gasteiger partial charge in [0, 0.05) is 36.8 Å². The lowest BCUT2D eigenvalue weighted by Gasteiger charge is -2.41. The minimum Gasteiger partial charge on any atom is -0.461 e. The van der Waals surface area contributed by atoms with Crippen molar-refractivity contribution in [1.82, 2.24) is 24.8 Å². The maximum atomic E-state index is 16.7. The Hall–Kier alpha value is -4.47. The largest absolute Gasteiger partial charge is 0.461 e. The van der Waals surface area contributed by atoms with Crippen LogP contribution in [0.15, 0.2) is 48.9 Å². The molecule has 3 saturated heterocycles. The third-order valence-corrected chi connectivity index (χ3v) is 10.1. The lowest BCUT2D eigenvalue weighted by atomic mass is 9.95. The van der Waals surface area contributed by atoms with Gasteiger partial charge in [-0.15, -0.1) is 0 Å². The molecule has 0 aliphatic carbocycles. The van der Waals surface area contributed by atoms with Gasteiger partial charge in [0.15, 0.2) is 11.6 Å². The third kappa shape index (κ3) is 5.41. The number of rotatable bonds is 7. The van der Waals surface area contributed by atoms with E-state index in [1.54, 1.807) is 24.3 Å². The van der Waals surface area contributed by atoms with E-state index in [-0.39, 0.29) is 59.2 Å². The number of pyridine rings is 1. The molecule has 0 bridgehead atoms. The lowest BCUT2D eigenvalue weighted by Crippen LogP contribution is -2.55. The van der Waals surface area contributed by atoms with Gasteiger partial charge in [-0.05, 0) is 50.2 Å². The Bertz CT molecular complexity index is 1960. The van der Waals surface area contributed by atoms with Crippen LogP contribution in [0.1, 0.15) is 32.1 Å². The van der Waals surface area contributed by atoms with Gasteiger partial charge in [-0.2, -0.15) is 15.2 Å². The third-order valence-electron chi connectivity index (χ3n) is 9.72. The molecule has 47 heavy (non-hydrogen) atoms. The van der Waals surface area contributed by atoms with Crippen LogP contribution < -0.4 is 9.64 Å². The van der Waals surface area contributed by atoms with Crippen LogP contribution in [0, 0.1) is 23.0 Å². The molecule has 4 aromatic rings. The van der Waals surface area contributed by atoms with Gasteiger partial charge in [0.25, 0.3) is 5.91 Å². The number of carbonyl (C=O) groups excluding carboxylic acids is 1. The van der Waals surface area contributed by atoms with Gasteiger partial charge < -0.3 is 14.5 Å². The summed E-state index contributed by atoms with van der Waals surface area (Å²) >= 11 is 6.38. The summed E-state index contributed by atoms with van der Waals surface area (Å²) in [6, 6.07) is 9.30. The van der Waals surface area contributed by atoms with Crippen molar-refractivity contribution in [3.63, 3.8) is 0 Å². The molecule has 0 N–H and O–H groups in total. The Morgan fingerprint density at radius 2 is 1.91 bits per heavy atom. The number of aromatic nitrogens is 3. The van der Waals surface area contributed by atoms with E-state index < -0.39 is 29.4 Å². The topological polar surface area (TPSA) is 98.5 Å². The number of hydrogen-bond donors (Lipinski definition) is 0. The number of fused-ring (bicyclic) bond motifs is 3. The highest BCUT2D eigenvalue weighted by molar-refractivity contribution is 6.36. The highest BCUT2D eigenvalue weighted by Crippen LogP contribution is 2.41. The van der Waals surface area contributed by atoms with E-state index in [1.807, 2.05) is 4.90 Å². The zero-order chi connectivity index (χ0) is 32.9. The summed E-state index contributed by atoms with van der Waals surface area (Å²) in [4.78, 5) is 31.8. The van der Waals surface area contributed by atoms with Crippen LogP contribution in [0.3, 0.4) is 0 Å². The van der Waals surface area contributed by atoms with Gasteiger partial charge in [-0.1, -0.05) is 42.4 Å². The van der Waals surface area contributed by atoms with E-state index in [9.17, 15) is 18.8 Å². The second-order valence-electron chi connectivity index (χ2n) is 12.4. The minimum atomic E-state index is -1.11. The van der Waals surface area contributed by atoms with E-state index in [2.05, 4.69) is 27.5 Å². The lowest BCUT2D eigenvalue weighted by molar-refractivity contribution is -0.131. The van der Waals surface area contributed by atoms with Crippen LogP contribution in [0.2, 0.25) is 5.02 Å². The molecule has 3 aliphatic heterocycles. The van der Waals surface area contributed by atoms with Crippen LogP contribution in [0.25, 0.3) is 32.9 Å². The number of nitrogens with zero attached hydrogens (tertiary/aromatic N) is 7. The quantitative estimate of drug-likeness (QED) is 0.216. The summed E-state index contributed by atoms with van der Waals surface area (Å²) in [5.41, 5.74) is 0.0529. The fourth-order valence-electron chi connectivity index (χ4n) is 7.43. The van der Waals surface area contributed by atoms with Crippen LogP contribution >= 0.6 is 11.6 Å². The molecule has 3 fully saturated rings. The Balaban J connectivity index is 1.34. The molecule has 242 valence electrons. The molecule has 3 aliphatic rings. The van der Waals surface area contributed by atoms with Gasteiger partial charge in [0.1, 0.15) is 29.5 Å². The summed E-state index contributed by atoms with van der Waals surface area (Å²) in [5.74, 6) is -3.07. The molecule has 13 heteroatoms. The Kier molecular flexibility index (Phi) is 8.14. The first-order valence-corrected chi connectivity index (χ1v) is 16.0. The Morgan fingerprint density at radius 3 is 2.66 bits per heavy atom. The first kappa shape index (κ1) is 31.1. The van der Waals surface area contributed by atoms with Crippen molar-refractivity contribution in [3.8, 4) is 23.3 Å². The number of carbonyl (C=O) groups is 1. The summed E-state index contributed by atoms with van der Waals surface area (Å²) in [6.07, 6.45) is 5.50. The first-order valence-electron chi connectivity index (χ1n) is 15.6. The number of ether oxygens (including phenoxy) is 1. The molecule has 7 rings (SSSR count). The SMILES string of the molecule is C=C(F)C(=O)N1CCN(c2nc(OCC34CCCN3CCC4)nc3c(F)c(-c4cccc5ccc(F)c(Cl)c45)ncc23)C[C@@H]1CC#N. The molecule has 0 saturated carbocycles. The zero-order valence-corrected chi connectivity index (χ0v) is 26.2. The molecule has 2 aromatic carbocycles. The van der Waals surface area contributed by atoms with E-state index in [0.29, 0.717) is 28.8 Å². The number of nitriles is 1. The van der Waals surface area contributed by atoms with E-state index in [0.717, 1.165) is 38.8 Å². The second-order valence-corrected chi connectivity index (χ2v) is 12.7. The van der Waals surface area contributed by atoms with Gasteiger partial charge >= 0.3 is 6.01 Å². The van der Waals surface area contributed by atoms with Crippen LogP contribution in [-0.2, 0) is 4.79 Å². The average molecular weight is 662 g/mol. The number of hydrogen-bond acceptors (Lipinski definition) is 8. The molecule has 0 unspecified atom stereocenters. The van der Waals surface area contributed by atoms with Crippen LogP contribution in [0.5, 0.6) is 6.01 Å². The fraction of sp³-hybridized carbons (Fsp3) is 0.382. The van der Waals surface area contributed by atoms with Crippen molar-refractivity contribution in [2.24, 2.45) is 0 Å². The molecular weight excluding hydrogens is 631 g/mol. The monoisotopic (exact) mass is 661 g/mol. The van der Waals surface area contributed by atoms with Gasteiger partial charge in [0.05, 0.1) is 34.5 Å². The normalized spacial score (nSPS) is 19.3. The van der Waals surface area contributed by atoms with Crippen LogP contribution in [0.4, 0.5) is 19.0 Å². The number of anilines is 1. The molecule has 0 spiro atoms. The first-order chi connectivity index (χ1) is 22.7. The van der Waals surface area contributed by atoms with Crippen molar-refractivity contribution in [2.45, 2.75) is 43.7 Å². The maximum absolute atomic E-state index is 16.7. The van der Waals surface area contributed by atoms with E-state index in [4.69, 9.17) is 21.3 Å². The van der Waals surface area contributed by atoms with Gasteiger partial charge in [-0.25, -0.2) is 13.2 Å². The Labute approximate surface area is 274 Å². The molecule has 1 amide bonds. The van der Waals surface area contributed by atoms with Crippen molar-refractivity contribution >= 4 is 45.0 Å². The fourth-order valence-corrected chi connectivity index (χ4v) is 7.71. The highest BCUT2D eigenvalue weighted by Gasteiger charge is 2.45. The number of amides is 1. The summed E-state index contributed by atoms with van der Waals surface area (Å²) < 4.78 is 51.4. The van der Waals surface area contributed by atoms with Crippen molar-refractivity contribution in [1.29, 1.82) is 5.26 Å². The smallest absolute Gasteiger partial charge is 0.319 e. The summed E-state index contributed by atoms with van der Waals surface area (Å²) in [7, 11) is 0. The van der Waals surface area contributed by atoms with Crippen molar-refractivity contribution in [2.75, 3.05) is 44.2 Å². The molecule has 5 heterocycles. The van der Waals surface area contributed by atoms with E-state index >= 15 is 4.39 Å². The number of halogens is 4. The molecule has 9 nitrogen and oxygen atoms in total. The van der Waals surface area contributed by atoms with Gasteiger partial charge in [0.2, 0.25) is 0 Å². The molecule has 0 radical (unpaired) electrons. The minimum absolute atomic E-state index is 0.0221. The standard InChI is InChI=1S/C34H31ClF3N7O2/c1-20(36)32(46)45-16-15-43(18-22(45)9-12-39)31-24-17-40-29(23-6-2-5-21-7-8-25(37)27(35)26(21)23)28(38)30(24)41-33(42-31)47-19-34-10-3-13-44(34)14-4-11-34/h2,5-8,17,22H,1,3-4,9-11,13-16,18-19H2/t22-/m0/s1. The molecule has 1 atom stereocenters.